The number of aromatic nitrogens is 3. The van der Waals surface area contributed by atoms with Crippen LogP contribution in [-0.4, -0.2) is 14.8 Å². The molecule has 96 valence electrons. The van der Waals surface area contributed by atoms with E-state index in [-0.39, 0.29) is 6.04 Å². The summed E-state index contributed by atoms with van der Waals surface area (Å²) in [5, 5.41) is 4.16. The van der Waals surface area contributed by atoms with E-state index in [9.17, 15) is 0 Å². The Labute approximate surface area is 107 Å². The SMILES string of the molecule is Cc1cncc(C(CCc2ccnn2C)NN)c1. The van der Waals surface area contributed by atoms with Crippen LogP contribution in [-0.2, 0) is 13.5 Å². The average Bonchev–Trinajstić information content (AvgIpc) is 2.76. The molecule has 2 aromatic heterocycles. The van der Waals surface area contributed by atoms with Gasteiger partial charge in [0, 0.05) is 37.4 Å². The van der Waals surface area contributed by atoms with Crippen molar-refractivity contribution in [3.63, 3.8) is 0 Å². The normalized spacial score (nSPS) is 12.6. The van der Waals surface area contributed by atoms with E-state index in [0.29, 0.717) is 0 Å². The fourth-order valence-electron chi connectivity index (χ4n) is 2.05. The third-order valence-electron chi connectivity index (χ3n) is 3.11. The van der Waals surface area contributed by atoms with Gasteiger partial charge in [0.15, 0.2) is 0 Å². The average molecular weight is 245 g/mol. The molecule has 5 heteroatoms. The minimum atomic E-state index is 0.118. The maximum atomic E-state index is 5.63. The molecule has 0 amide bonds. The van der Waals surface area contributed by atoms with Crippen LogP contribution in [0.25, 0.3) is 0 Å². The Kier molecular flexibility index (Phi) is 4.07. The van der Waals surface area contributed by atoms with Crippen LogP contribution >= 0.6 is 0 Å². The van der Waals surface area contributed by atoms with E-state index in [1.165, 1.54) is 5.69 Å². The lowest BCUT2D eigenvalue weighted by atomic mass is 10.0. The highest BCUT2D eigenvalue weighted by molar-refractivity contribution is 5.20. The number of hydrogen-bond donors (Lipinski definition) is 2. The first-order chi connectivity index (χ1) is 8.70. The van der Waals surface area contributed by atoms with Crippen molar-refractivity contribution in [1.82, 2.24) is 20.2 Å². The van der Waals surface area contributed by atoms with E-state index in [1.54, 1.807) is 0 Å². The van der Waals surface area contributed by atoms with Crippen molar-refractivity contribution in [1.29, 1.82) is 0 Å². The highest BCUT2D eigenvalue weighted by Crippen LogP contribution is 2.18. The van der Waals surface area contributed by atoms with Crippen LogP contribution in [0.15, 0.2) is 30.7 Å². The molecule has 2 aromatic rings. The second-order valence-electron chi connectivity index (χ2n) is 4.50. The van der Waals surface area contributed by atoms with Crippen LogP contribution in [0.4, 0.5) is 0 Å². The molecule has 0 radical (unpaired) electrons. The van der Waals surface area contributed by atoms with E-state index in [4.69, 9.17) is 5.84 Å². The molecule has 0 aliphatic carbocycles. The van der Waals surface area contributed by atoms with Crippen molar-refractivity contribution in [3.05, 3.63) is 47.5 Å². The smallest absolute Gasteiger partial charge is 0.0492 e. The Morgan fingerprint density at radius 2 is 2.28 bits per heavy atom. The molecular formula is C13H19N5. The maximum absolute atomic E-state index is 5.63. The van der Waals surface area contributed by atoms with Gasteiger partial charge >= 0.3 is 0 Å². The van der Waals surface area contributed by atoms with Crippen molar-refractivity contribution in [3.8, 4) is 0 Å². The second kappa shape index (κ2) is 5.75. The Hall–Kier alpha value is -1.72. The van der Waals surface area contributed by atoms with Gasteiger partial charge in [0.1, 0.15) is 0 Å². The maximum Gasteiger partial charge on any atom is 0.0492 e. The lowest BCUT2D eigenvalue weighted by Gasteiger charge is -2.16. The van der Waals surface area contributed by atoms with Gasteiger partial charge < -0.3 is 0 Å². The Balaban J connectivity index is 2.04. The second-order valence-corrected chi connectivity index (χ2v) is 4.50. The molecule has 5 nitrogen and oxygen atoms in total. The monoisotopic (exact) mass is 245 g/mol. The van der Waals surface area contributed by atoms with E-state index < -0.39 is 0 Å². The fourth-order valence-corrected chi connectivity index (χ4v) is 2.05. The molecule has 18 heavy (non-hydrogen) atoms. The molecule has 3 N–H and O–H groups in total. The number of rotatable bonds is 5. The van der Waals surface area contributed by atoms with Gasteiger partial charge in [-0.25, -0.2) is 0 Å². The molecule has 2 heterocycles. The summed E-state index contributed by atoms with van der Waals surface area (Å²) >= 11 is 0. The molecule has 0 saturated heterocycles. The summed E-state index contributed by atoms with van der Waals surface area (Å²) in [5.41, 5.74) is 6.33. The van der Waals surface area contributed by atoms with Crippen LogP contribution in [0.1, 0.15) is 29.3 Å². The Bertz CT molecular complexity index is 506. The largest absolute Gasteiger partial charge is 0.273 e. The zero-order chi connectivity index (χ0) is 13.0. The van der Waals surface area contributed by atoms with Crippen molar-refractivity contribution in [2.24, 2.45) is 12.9 Å². The summed E-state index contributed by atoms with van der Waals surface area (Å²) in [6.07, 6.45) is 7.37. The standard InChI is InChI=1S/C13H19N5/c1-10-7-11(9-15-8-10)13(17-14)4-3-12-5-6-16-18(12)2/h5-9,13,17H,3-4,14H2,1-2H3. The summed E-state index contributed by atoms with van der Waals surface area (Å²) in [6.45, 7) is 2.03. The van der Waals surface area contributed by atoms with Gasteiger partial charge in [0.2, 0.25) is 0 Å². The van der Waals surface area contributed by atoms with Crippen LogP contribution in [0.2, 0.25) is 0 Å². The summed E-state index contributed by atoms with van der Waals surface area (Å²) in [6, 6.07) is 4.26. The minimum Gasteiger partial charge on any atom is -0.273 e. The summed E-state index contributed by atoms with van der Waals surface area (Å²) < 4.78 is 1.89. The van der Waals surface area contributed by atoms with E-state index in [2.05, 4.69) is 21.6 Å². The van der Waals surface area contributed by atoms with Gasteiger partial charge in [0.05, 0.1) is 0 Å². The predicted molar refractivity (Wildman–Crippen MR) is 70.6 cm³/mol. The summed E-state index contributed by atoms with van der Waals surface area (Å²) in [4.78, 5) is 4.20. The van der Waals surface area contributed by atoms with Gasteiger partial charge in [0.25, 0.3) is 0 Å². The first-order valence-electron chi connectivity index (χ1n) is 6.05. The molecule has 0 spiro atoms. The highest BCUT2D eigenvalue weighted by Gasteiger charge is 2.11. The number of nitrogens with zero attached hydrogens (tertiary/aromatic N) is 3. The Morgan fingerprint density at radius 3 is 2.89 bits per heavy atom. The number of nitrogens with two attached hydrogens (primary N) is 1. The Morgan fingerprint density at radius 1 is 1.44 bits per heavy atom. The molecule has 0 saturated carbocycles. The first kappa shape index (κ1) is 12.7. The summed E-state index contributed by atoms with van der Waals surface area (Å²) in [5.74, 6) is 5.63. The van der Waals surface area contributed by atoms with E-state index in [1.807, 2.05) is 43.3 Å². The van der Waals surface area contributed by atoms with E-state index in [0.717, 1.165) is 24.0 Å². The van der Waals surface area contributed by atoms with Crippen molar-refractivity contribution in [2.75, 3.05) is 0 Å². The number of nitrogens with one attached hydrogen (secondary N) is 1. The third-order valence-corrected chi connectivity index (χ3v) is 3.11. The third kappa shape index (κ3) is 2.94. The van der Waals surface area contributed by atoms with Crippen molar-refractivity contribution in [2.45, 2.75) is 25.8 Å². The summed E-state index contributed by atoms with van der Waals surface area (Å²) in [7, 11) is 1.95. The quantitative estimate of drug-likeness (QED) is 0.614. The van der Waals surface area contributed by atoms with Gasteiger partial charge in [-0.15, -0.1) is 0 Å². The molecule has 2 rings (SSSR count). The van der Waals surface area contributed by atoms with Gasteiger partial charge in [-0.3, -0.25) is 20.9 Å². The van der Waals surface area contributed by atoms with Crippen molar-refractivity contribution >= 4 is 0 Å². The lowest BCUT2D eigenvalue weighted by Crippen LogP contribution is -2.28. The minimum absolute atomic E-state index is 0.118. The highest BCUT2D eigenvalue weighted by atomic mass is 15.3. The van der Waals surface area contributed by atoms with E-state index >= 15 is 0 Å². The molecule has 0 fully saturated rings. The number of hydrogen-bond acceptors (Lipinski definition) is 4. The molecule has 0 aliphatic rings. The topological polar surface area (TPSA) is 68.8 Å². The zero-order valence-electron chi connectivity index (χ0n) is 10.8. The van der Waals surface area contributed by atoms with Gasteiger partial charge in [-0.2, -0.15) is 5.10 Å². The molecule has 1 unspecified atom stereocenters. The molecule has 0 bridgehead atoms. The first-order valence-corrected chi connectivity index (χ1v) is 6.05. The van der Waals surface area contributed by atoms with Crippen LogP contribution in [0.5, 0.6) is 0 Å². The number of hydrazine groups is 1. The van der Waals surface area contributed by atoms with Crippen LogP contribution in [0, 0.1) is 6.92 Å². The van der Waals surface area contributed by atoms with Gasteiger partial charge in [-0.1, -0.05) is 6.07 Å². The zero-order valence-corrected chi connectivity index (χ0v) is 10.8. The fraction of sp³-hybridized carbons (Fsp3) is 0.385. The molecule has 0 aromatic carbocycles. The van der Waals surface area contributed by atoms with Gasteiger partial charge in [-0.05, 0) is 37.0 Å². The predicted octanol–water partition coefficient (Wildman–Crippen LogP) is 1.26. The molecule has 1 atom stereocenters. The lowest BCUT2D eigenvalue weighted by molar-refractivity contribution is 0.505. The molecular weight excluding hydrogens is 226 g/mol. The van der Waals surface area contributed by atoms with Crippen LogP contribution < -0.4 is 11.3 Å². The number of aryl methyl sites for hydroxylation is 3. The van der Waals surface area contributed by atoms with Crippen molar-refractivity contribution < 1.29 is 0 Å². The van der Waals surface area contributed by atoms with Crippen LogP contribution in [0.3, 0.4) is 0 Å². The number of pyridine rings is 1. The molecule has 0 aliphatic heterocycles.